The van der Waals surface area contributed by atoms with Gasteiger partial charge in [-0.05, 0) is 33.4 Å². The smallest absolute Gasteiger partial charge is 0.0700 e. The fourth-order valence-corrected chi connectivity index (χ4v) is 1.58. The molecule has 0 aliphatic carbocycles. The quantitative estimate of drug-likeness (QED) is 0.555. The fourth-order valence-electron chi connectivity index (χ4n) is 1.58. The Balaban J connectivity index is 0.000000561. The first-order valence-electron chi connectivity index (χ1n) is 4.76. The highest BCUT2D eigenvalue weighted by Gasteiger charge is 2.28. The van der Waals surface area contributed by atoms with E-state index in [1.807, 2.05) is 20.8 Å². The van der Waals surface area contributed by atoms with Gasteiger partial charge in [-0.1, -0.05) is 13.8 Å². The van der Waals surface area contributed by atoms with Gasteiger partial charge in [0.15, 0.2) is 0 Å². The molecule has 1 aliphatic heterocycles. The molecule has 0 aromatic rings. The van der Waals surface area contributed by atoms with Gasteiger partial charge in [0.05, 0.1) is 11.5 Å². The van der Waals surface area contributed by atoms with Crippen molar-refractivity contribution in [3.63, 3.8) is 0 Å². The maximum absolute atomic E-state index is 8.79. The molecule has 1 fully saturated rings. The van der Waals surface area contributed by atoms with Gasteiger partial charge in [0.1, 0.15) is 0 Å². The minimum absolute atomic E-state index is 0.0764. The van der Waals surface area contributed by atoms with E-state index < -0.39 is 0 Å². The molecule has 0 amide bonds. The lowest BCUT2D eigenvalue weighted by molar-refractivity contribution is 0.173. The standard InChI is InChI=1S/C8H14N2.C2H6/c1-8(6-9)4-3-5-10(2)7-8;1-2/h3-5,7H2,1-2H3;1-2H3. The van der Waals surface area contributed by atoms with Crippen molar-refractivity contribution in [2.45, 2.75) is 33.6 Å². The Labute approximate surface area is 76.2 Å². The van der Waals surface area contributed by atoms with Crippen molar-refractivity contribution in [2.75, 3.05) is 20.1 Å². The third kappa shape index (κ3) is 3.23. The molecule has 1 rings (SSSR count). The van der Waals surface area contributed by atoms with Crippen LogP contribution in [0.3, 0.4) is 0 Å². The second-order valence-electron chi connectivity index (χ2n) is 3.51. The number of hydrogen-bond acceptors (Lipinski definition) is 2. The minimum Gasteiger partial charge on any atom is -0.305 e. The molecule has 0 N–H and O–H groups in total. The van der Waals surface area contributed by atoms with Gasteiger partial charge >= 0.3 is 0 Å². The first-order chi connectivity index (χ1) is 5.66. The molecule has 0 aromatic heterocycles. The van der Waals surface area contributed by atoms with Crippen molar-refractivity contribution in [2.24, 2.45) is 5.41 Å². The van der Waals surface area contributed by atoms with Crippen LogP contribution >= 0.6 is 0 Å². The second-order valence-corrected chi connectivity index (χ2v) is 3.51. The van der Waals surface area contributed by atoms with E-state index in [4.69, 9.17) is 5.26 Å². The van der Waals surface area contributed by atoms with Crippen LogP contribution in [0.25, 0.3) is 0 Å². The zero-order valence-electron chi connectivity index (χ0n) is 8.72. The highest BCUT2D eigenvalue weighted by atomic mass is 15.1. The summed E-state index contributed by atoms with van der Waals surface area (Å²) < 4.78 is 0. The van der Waals surface area contributed by atoms with Crippen LogP contribution in [0.15, 0.2) is 0 Å². The lowest BCUT2D eigenvalue weighted by Crippen LogP contribution is -2.38. The third-order valence-electron chi connectivity index (χ3n) is 2.16. The molecule has 1 aliphatic rings. The van der Waals surface area contributed by atoms with Gasteiger partial charge in [0, 0.05) is 6.54 Å². The number of hydrogen-bond donors (Lipinski definition) is 0. The van der Waals surface area contributed by atoms with Gasteiger partial charge in [-0.15, -0.1) is 0 Å². The van der Waals surface area contributed by atoms with E-state index in [9.17, 15) is 0 Å². The first-order valence-corrected chi connectivity index (χ1v) is 4.76. The number of nitrogens with zero attached hydrogens (tertiary/aromatic N) is 2. The number of likely N-dealkylation sites (tertiary alicyclic amines) is 1. The van der Waals surface area contributed by atoms with E-state index in [2.05, 4.69) is 18.0 Å². The topological polar surface area (TPSA) is 27.0 Å². The summed E-state index contributed by atoms with van der Waals surface area (Å²) >= 11 is 0. The summed E-state index contributed by atoms with van der Waals surface area (Å²) in [5, 5.41) is 8.79. The maximum atomic E-state index is 8.79. The zero-order chi connectivity index (χ0) is 9.61. The predicted molar refractivity (Wildman–Crippen MR) is 51.8 cm³/mol. The van der Waals surface area contributed by atoms with Gasteiger partial charge in [0.2, 0.25) is 0 Å². The van der Waals surface area contributed by atoms with Crippen molar-refractivity contribution in [3.05, 3.63) is 0 Å². The summed E-state index contributed by atoms with van der Waals surface area (Å²) in [6.07, 6.45) is 2.23. The molecular formula is C10H20N2. The van der Waals surface area contributed by atoms with Crippen molar-refractivity contribution < 1.29 is 0 Å². The van der Waals surface area contributed by atoms with E-state index in [-0.39, 0.29) is 5.41 Å². The first kappa shape index (κ1) is 11.4. The molecule has 1 saturated heterocycles. The van der Waals surface area contributed by atoms with Gasteiger partial charge in [0.25, 0.3) is 0 Å². The largest absolute Gasteiger partial charge is 0.305 e. The Kier molecular flexibility index (Phi) is 4.92. The Morgan fingerprint density at radius 2 is 2.00 bits per heavy atom. The SMILES string of the molecule is CC.CN1CCCC(C)(C#N)C1. The molecule has 70 valence electrons. The molecule has 12 heavy (non-hydrogen) atoms. The number of piperidine rings is 1. The van der Waals surface area contributed by atoms with Crippen molar-refractivity contribution in [1.82, 2.24) is 4.90 Å². The van der Waals surface area contributed by atoms with Gasteiger partial charge in [-0.3, -0.25) is 0 Å². The van der Waals surface area contributed by atoms with Crippen molar-refractivity contribution >= 4 is 0 Å². The Bertz CT molecular complexity index is 160. The van der Waals surface area contributed by atoms with Crippen LogP contribution in [0.5, 0.6) is 0 Å². The zero-order valence-corrected chi connectivity index (χ0v) is 8.72. The van der Waals surface area contributed by atoms with E-state index in [1.165, 1.54) is 6.42 Å². The maximum Gasteiger partial charge on any atom is 0.0700 e. The summed E-state index contributed by atoms with van der Waals surface area (Å²) in [7, 11) is 2.08. The molecule has 0 aromatic carbocycles. The van der Waals surface area contributed by atoms with Gasteiger partial charge < -0.3 is 4.90 Å². The molecule has 2 heteroatoms. The molecule has 1 unspecified atom stereocenters. The van der Waals surface area contributed by atoms with Crippen molar-refractivity contribution in [1.29, 1.82) is 5.26 Å². The molecule has 1 atom stereocenters. The summed E-state index contributed by atoms with van der Waals surface area (Å²) in [5.41, 5.74) is -0.0764. The highest BCUT2D eigenvalue weighted by Crippen LogP contribution is 2.27. The average Bonchev–Trinajstić information content (AvgIpc) is 2.08. The molecule has 0 radical (unpaired) electrons. The normalized spacial score (nSPS) is 29.9. The van der Waals surface area contributed by atoms with E-state index in [1.54, 1.807) is 0 Å². The summed E-state index contributed by atoms with van der Waals surface area (Å²) in [6, 6.07) is 2.37. The van der Waals surface area contributed by atoms with E-state index in [0.29, 0.717) is 0 Å². The molecule has 0 bridgehead atoms. The number of rotatable bonds is 0. The predicted octanol–water partition coefficient (Wildman–Crippen LogP) is 2.27. The lowest BCUT2D eigenvalue weighted by atomic mass is 9.84. The monoisotopic (exact) mass is 168 g/mol. The Morgan fingerprint density at radius 3 is 2.33 bits per heavy atom. The summed E-state index contributed by atoms with van der Waals surface area (Å²) in [6.45, 7) is 8.13. The summed E-state index contributed by atoms with van der Waals surface area (Å²) in [5.74, 6) is 0. The molecule has 2 nitrogen and oxygen atoms in total. The van der Waals surface area contributed by atoms with Crippen LogP contribution in [-0.2, 0) is 0 Å². The van der Waals surface area contributed by atoms with Crippen LogP contribution in [0, 0.1) is 16.7 Å². The summed E-state index contributed by atoms with van der Waals surface area (Å²) in [4.78, 5) is 2.23. The van der Waals surface area contributed by atoms with Gasteiger partial charge in [-0.2, -0.15) is 5.26 Å². The van der Waals surface area contributed by atoms with Gasteiger partial charge in [-0.25, -0.2) is 0 Å². The van der Waals surface area contributed by atoms with Crippen LogP contribution in [-0.4, -0.2) is 25.0 Å². The van der Waals surface area contributed by atoms with Crippen LogP contribution in [0.1, 0.15) is 33.6 Å². The lowest BCUT2D eigenvalue weighted by Gasteiger charge is -2.33. The average molecular weight is 168 g/mol. The van der Waals surface area contributed by atoms with E-state index >= 15 is 0 Å². The highest BCUT2D eigenvalue weighted by molar-refractivity contribution is 4.99. The van der Waals surface area contributed by atoms with Crippen LogP contribution in [0.2, 0.25) is 0 Å². The fraction of sp³-hybridized carbons (Fsp3) is 0.900. The third-order valence-corrected chi connectivity index (χ3v) is 2.16. The second kappa shape index (κ2) is 5.16. The molecule has 0 spiro atoms. The van der Waals surface area contributed by atoms with Crippen molar-refractivity contribution in [3.8, 4) is 6.07 Å². The molecule has 1 heterocycles. The van der Waals surface area contributed by atoms with Crippen LogP contribution < -0.4 is 0 Å². The number of nitriles is 1. The molecular weight excluding hydrogens is 148 g/mol. The van der Waals surface area contributed by atoms with Crippen LogP contribution in [0.4, 0.5) is 0 Å². The van der Waals surface area contributed by atoms with E-state index in [0.717, 1.165) is 19.5 Å². The Morgan fingerprint density at radius 1 is 1.42 bits per heavy atom. The minimum atomic E-state index is -0.0764. The Hall–Kier alpha value is -0.550. The molecule has 0 saturated carbocycles.